The van der Waals surface area contributed by atoms with Crippen LogP contribution in [0, 0.1) is 0 Å². The number of hydrogen-bond donors (Lipinski definition) is 3. The predicted octanol–water partition coefficient (Wildman–Crippen LogP) is 0.243. The fraction of sp³-hybridized carbons (Fsp3) is 0.200. The van der Waals surface area contributed by atoms with Crippen LogP contribution in [-0.2, 0) is 23.3 Å². The van der Waals surface area contributed by atoms with Gasteiger partial charge >= 0.3 is 0 Å². The zero-order valence-electron chi connectivity index (χ0n) is 10.2. The van der Waals surface area contributed by atoms with Crippen molar-refractivity contribution in [2.45, 2.75) is 13.1 Å². The largest absolute Gasteiger partial charge is 0.305 e. The summed E-state index contributed by atoms with van der Waals surface area (Å²) in [4.78, 5) is 11.9. The molecular formula is C10H11N5O3S2. The summed E-state index contributed by atoms with van der Waals surface area (Å²) in [5.41, 5.74) is 1.82. The van der Waals surface area contributed by atoms with Crippen molar-refractivity contribution in [3.8, 4) is 0 Å². The number of carbonyl (C=O) groups is 1. The van der Waals surface area contributed by atoms with E-state index < -0.39 is 10.2 Å². The number of H-pyrrole nitrogens is 1. The van der Waals surface area contributed by atoms with Gasteiger partial charge in [0.15, 0.2) is 5.82 Å². The van der Waals surface area contributed by atoms with Gasteiger partial charge in [0.05, 0.1) is 17.8 Å². The number of anilines is 1. The molecule has 106 valence electrons. The van der Waals surface area contributed by atoms with Crippen molar-refractivity contribution in [3.63, 3.8) is 0 Å². The number of nitrogens with zero attached hydrogens (tertiary/aromatic N) is 2. The van der Waals surface area contributed by atoms with Crippen LogP contribution in [-0.4, -0.2) is 28.8 Å². The summed E-state index contributed by atoms with van der Waals surface area (Å²) >= 11 is 1.42. The summed E-state index contributed by atoms with van der Waals surface area (Å²) in [6.45, 7) is 0.236. The summed E-state index contributed by atoms with van der Waals surface area (Å²) in [6.07, 6.45) is 0. The lowest BCUT2D eigenvalue weighted by Gasteiger charge is -2.11. The molecule has 0 saturated carbocycles. The maximum absolute atomic E-state index is 11.9. The molecule has 1 amide bonds. The van der Waals surface area contributed by atoms with Crippen LogP contribution in [0.4, 0.5) is 5.82 Å². The molecule has 20 heavy (non-hydrogen) atoms. The number of amides is 1. The van der Waals surface area contributed by atoms with E-state index in [-0.39, 0.29) is 19.0 Å². The molecule has 2 aromatic rings. The average molecular weight is 313 g/mol. The number of fused-ring (bicyclic) bond motifs is 1. The Morgan fingerprint density at radius 2 is 2.30 bits per heavy atom. The Balaban J connectivity index is 1.81. The van der Waals surface area contributed by atoms with E-state index in [2.05, 4.69) is 15.5 Å². The molecule has 3 rings (SSSR count). The fourth-order valence-electron chi connectivity index (χ4n) is 1.97. The van der Waals surface area contributed by atoms with Crippen molar-refractivity contribution in [2.75, 3.05) is 5.32 Å². The molecule has 0 bridgehead atoms. The molecule has 0 spiro atoms. The summed E-state index contributed by atoms with van der Waals surface area (Å²) in [6, 6.07) is 1.70. The van der Waals surface area contributed by atoms with Gasteiger partial charge in [0.1, 0.15) is 0 Å². The van der Waals surface area contributed by atoms with Gasteiger partial charge in [-0.05, 0) is 11.4 Å². The molecule has 1 aliphatic rings. The molecule has 0 atom stereocenters. The highest BCUT2D eigenvalue weighted by Crippen LogP contribution is 2.28. The van der Waals surface area contributed by atoms with Gasteiger partial charge in [-0.1, -0.05) is 0 Å². The average Bonchev–Trinajstić information content (AvgIpc) is 3.03. The number of thiophene rings is 1. The van der Waals surface area contributed by atoms with Crippen LogP contribution >= 0.6 is 11.3 Å². The summed E-state index contributed by atoms with van der Waals surface area (Å²) in [7, 11) is -3.75. The quantitative estimate of drug-likeness (QED) is 0.751. The molecule has 0 fully saturated rings. The van der Waals surface area contributed by atoms with E-state index in [9.17, 15) is 13.2 Å². The first-order chi connectivity index (χ1) is 9.45. The highest BCUT2D eigenvalue weighted by molar-refractivity contribution is 7.86. The van der Waals surface area contributed by atoms with Gasteiger partial charge in [-0.25, -0.2) is 5.14 Å². The maximum Gasteiger partial charge on any atom is 0.277 e. The van der Waals surface area contributed by atoms with Crippen molar-refractivity contribution in [1.82, 2.24) is 14.5 Å². The number of aromatic nitrogens is 2. The van der Waals surface area contributed by atoms with Crippen LogP contribution in [0.2, 0.25) is 0 Å². The van der Waals surface area contributed by atoms with E-state index in [0.717, 1.165) is 4.31 Å². The number of hydrogen-bond acceptors (Lipinski definition) is 5. The van der Waals surface area contributed by atoms with E-state index in [1.165, 1.54) is 11.3 Å². The van der Waals surface area contributed by atoms with Crippen LogP contribution in [0.5, 0.6) is 0 Å². The lowest BCUT2D eigenvalue weighted by atomic mass is 10.2. The van der Waals surface area contributed by atoms with Crippen molar-refractivity contribution < 1.29 is 13.2 Å². The zero-order valence-corrected chi connectivity index (χ0v) is 11.8. The second-order valence-corrected chi connectivity index (χ2v) is 6.63. The highest BCUT2D eigenvalue weighted by atomic mass is 32.2. The van der Waals surface area contributed by atoms with Gasteiger partial charge in [-0.2, -0.15) is 29.2 Å². The topological polar surface area (TPSA) is 121 Å². The summed E-state index contributed by atoms with van der Waals surface area (Å²) in [5.74, 6) is 0.0527. The SMILES string of the molecule is NS(=O)(=O)N1Cc2[nH]nc(NC(=O)c3ccsc3)c2C1. The molecule has 0 aromatic carbocycles. The highest BCUT2D eigenvalue weighted by Gasteiger charge is 2.31. The number of nitrogens with two attached hydrogens (primary N) is 1. The molecule has 1 aliphatic heterocycles. The fourth-order valence-corrected chi connectivity index (χ4v) is 3.22. The third-order valence-corrected chi connectivity index (χ3v) is 4.66. The Labute approximate surface area is 118 Å². The number of carbonyl (C=O) groups excluding carboxylic acids is 1. The molecule has 2 aromatic heterocycles. The van der Waals surface area contributed by atoms with Crippen molar-refractivity contribution in [1.29, 1.82) is 0 Å². The first-order valence-electron chi connectivity index (χ1n) is 5.62. The molecule has 10 heteroatoms. The van der Waals surface area contributed by atoms with Crippen molar-refractivity contribution in [2.24, 2.45) is 5.14 Å². The van der Waals surface area contributed by atoms with Crippen LogP contribution in [0.1, 0.15) is 21.6 Å². The first-order valence-corrected chi connectivity index (χ1v) is 8.07. The van der Waals surface area contributed by atoms with E-state index >= 15 is 0 Å². The molecule has 0 saturated heterocycles. The third kappa shape index (κ3) is 2.33. The Bertz CT molecular complexity index is 750. The molecule has 0 aliphatic carbocycles. The standard InChI is InChI=1S/C10H11N5O3S2/c11-20(17,18)15-3-7-8(4-15)13-14-9(7)12-10(16)6-1-2-19-5-6/h1-2,5H,3-4H2,(H2,11,17,18)(H2,12,13,14,16). The Morgan fingerprint density at radius 3 is 2.95 bits per heavy atom. The molecule has 0 radical (unpaired) electrons. The Kier molecular flexibility index (Phi) is 3.09. The lowest BCUT2D eigenvalue weighted by Crippen LogP contribution is -2.32. The number of rotatable bonds is 3. The molecule has 0 unspecified atom stereocenters. The molecular weight excluding hydrogens is 302 g/mol. The maximum atomic E-state index is 11.9. The van der Waals surface area contributed by atoms with Crippen molar-refractivity contribution >= 4 is 33.3 Å². The van der Waals surface area contributed by atoms with Crippen molar-refractivity contribution in [3.05, 3.63) is 33.6 Å². The lowest BCUT2D eigenvalue weighted by molar-refractivity contribution is 0.102. The van der Waals surface area contributed by atoms with Gasteiger partial charge in [-0.15, -0.1) is 0 Å². The van der Waals surface area contributed by atoms with E-state index in [1.807, 2.05) is 0 Å². The van der Waals surface area contributed by atoms with E-state index in [1.54, 1.807) is 16.8 Å². The van der Waals surface area contributed by atoms with Gasteiger partial charge < -0.3 is 5.32 Å². The molecule has 8 nitrogen and oxygen atoms in total. The van der Waals surface area contributed by atoms with Gasteiger partial charge in [0.25, 0.3) is 16.1 Å². The second-order valence-electron chi connectivity index (χ2n) is 4.31. The Morgan fingerprint density at radius 1 is 1.50 bits per heavy atom. The minimum Gasteiger partial charge on any atom is -0.305 e. The monoisotopic (exact) mass is 313 g/mol. The van der Waals surface area contributed by atoms with E-state index in [0.29, 0.717) is 22.6 Å². The minimum atomic E-state index is -3.75. The van der Waals surface area contributed by atoms with Gasteiger partial charge in [-0.3, -0.25) is 9.89 Å². The minimum absolute atomic E-state index is 0.101. The van der Waals surface area contributed by atoms with Crippen LogP contribution < -0.4 is 10.5 Å². The third-order valence-electron chi connectivity index (χ3n) is 3.00. The molecule has 3 heterocycles. The Hall–Kier alpha value is -1.75. The number of nitrogens with one attached hydrogen (secondary N) is 2. The second kappa shape index (κ2) is 4.66. The summed E-state index contributed by atoms with van der Waals surface area (Å²) in [5, 5.41) is 18.0. The zero-order chi connectivity index (χ0) is 14.3. The summed E-state index contributed by atoms with van der Waals surface area (Å²) < 4.78 is 23.7. The first kappa shape index (κ1) is 13.2. The molecule has 4 N–H and O–H groups in total. The van der Waals surface area contributed by atoms with Crippen LogP contribution in [0.15, 0.2) is 16.8 Å². The smallest absolute Gasteiger partial charge is 0.277 e. The van der Waals surface area contributed by atoms with E-state index in [4.69, 9.17) is 5.14 Å². The van der Waals surface area contributed by atoms with Crippen LogP contribution in [0.3, 0.4) is 0 Å². The van der Waals surface area contributed by atoms with Gasteiger partial charge in [0.2, 0.25) is 0 Å². The number of aromatic amines is 1. The normalized spacial score (nSPS) is 15.2. The predicted molar refractivity (Wildman–Crippen MR) is 73.2 cm³/mol. The van der Waals surface area contributed by atoms with Crippen LogP contribution in [0.25, 0.3) is 0 Å². The van der Waals surface area contributed by atoms with Gasteiger partial charge in [0, 0.05) is 17.5 Å².